The number of hydrogen-bond donors (Lipinski definition) is 1. The summed E-state index contributed by atoms with van der Waals surface area (Å²) in [5, 5.41) is 0.599. The summed E-state index contributed by atoms with van der Waals surface area (Å²) < 4.78 is 61.0. The standard InChI is InChI=1S/C32H38F3NO5/c1-29(2,3)18-23(30(4,5)36)28(38)41-26-15-14-25(31(26,6)32(33,34)35)39-21-13-12-20-16-22(19-10-8-7-9-11-19)27(37)40-24(20)17-21/h7-13,16-17,23,25-26H,14-15,18,36H2,1-6H3. The van der Waals surface area contributed by atoms with Gasteiger partial charge in [-0.25, -0.2) is 4.79 Å². The molecule has 222 valence electrons. The SMILES string of the molecule is CC(C)(C)CC(C(=O)OC1CCC(Oc2ccc3cc(-c4ccccc4)c(=O)oc3c2)C1(C)C(F)(F)F)C(C)(C)N. The highest BCUT2D eigenvalue weighted by Crippen LogP contribution is 2.53. The van der Waals surface area contributed by atoms with E-state index in [1.54, 1.807) is 56.3 Å². The normalized spacial score (nSPS) is 22.5. The molecule has 1 aliphatic carbocycles. The molecule has 1 aromatic heterocycles. The molecule has 0 saturated heterocycles. The van der Waals surface area contributed by atoms with Gasteiger partial charge in [-0.15, -0.1) is 0 Å². The van der Waals surface area contributed by atoms with Gasteiger partial charge < -0.3 is 19.6 Å². The minimum Gasteiger partial charge on any atom is -0.489 e. The molecule has 6 nitrogen and oxygen atoms in total. The fraction of sp³-hybridized carbons (Fsp3) is 0.500. The summed E-state index contributed by atoms with van der Waals surface area (Å²) in [6, 6.07) is 15.3. The van der Waals surface area contributed by atoms with Crippen molar-refractivity contribution < 1.29 is 31.9 Å². The predicted molar refractivity (Wildman–Crippen MR) is 151 cm³/mol. The molecule has 0 bridgehead atoms. The number of alkyl halides is 3. The number of fused-ring (bicyclic) bond motifs is 1. The van der Waals surface area contributed by atoms with E-state index in [0.717, 1.165) is 6.92 Å². The van der Waals surface area contributed by atoms with Gasteiger partial charge >= 0.3 is 17.8 Å². The van der Waals surface area contributed by atoms with Crippen LogP contribution in [0.15, 0.2) is 63.8 Å². The van der Waals surface area contributed by atoms with Crippen LogP contribution in [-0.4, -0.2) is 29.9 Å². The van der Waals surface area contributed by atoms with Crippen molar-refractivity contribution in [2.45, 2.75) is 84.7 Å². The number of rotatable bonds is 7. The third kappa shape index (κ3) is 6.45. The third-order valence-electron chi connectivity index (χ3n) is 7.97. The summed E-state index contributed by atoms with van der Waals surface area (Å²) in [6.45, 7) is 10.2. The fourth-order valence-corrected chi connectivity index (χ4v) is 5.47. The van der Waals surface area contributed by atoms with Gasteiger partial charge in [-0.2, -0.15) is 13.2 Å². The van der Waals surface area contributed by atoms with Crippen molar-refractivity contribution in [3.63, 3.8) is 0 Å². The molecule has 3 aromatic rings. The molecule has 4 unspecified atom stereocenters. The number of carbonyl (C=O) groups is 1. The van der Waals surface area contributed by atoms with Crippen LogP contribution in [0.3, 0.4) is 0 Å². The first-order chi connectivity index (χ1) is 18.9. The number of nitrogens with two attached hydrogens (primary N) is 1. The maximum atomic E-state index is 14.7. The van der Waals surface area contributed by atoms with E-state index in [9.17, 15) is 22.8 Å². The lowest BCUT2D eigenvalue weighted by atomic mass is 9.76. The van der Waals surface area contributed by atoms with Crippen LogP contribution < -0.4 is 16.1 Å². The average molecular weight is 574 g/mol. The molecule has 41 heavy (non-hydrogen) atoms. The fourth-order valence-electron chi connectivity index (χ4n) is 5.47. The van der Waals surface area contributed by atoms with Gasteiger partial charge in [0.05, 0.1) is 11.5 Å². The summed E-state index contributed by atoms with van der Waals surface area (Å²) in [7, 11) is 0. The van der Waals surface area contributed by atoms with E-state index in [4.69, 9.17) is 19.6 Å². The molecule has 4 rings (SSSR count). The van der Waals surface area contributed by atoms with E-state index < -0.39 is 46.9 Å². The Labute approximate surface area is 238 Å². The number of carbonyl (C=O) groups excluding carboxylic acids is 1. The first kappa shape index (κ1) is 30.6. The zero-order chi connectivity index (χ0) is 30.4. The van der Waals surface area contributed by atoms with Gasteiger partial charge in [-0.05, 0) is 69.2 Å². The van der Waals surface area contributed by atoms with Gasteiger partial charge in [0.2, 0.25) is 0 Å². The van der Waals surface area contributed by atoms with Crippen molar-refractivity contribution in [3.8, 4) is 16.9 Å². The predicted octanol–water partition coefficient (Wildman–Crippen LogP) is 7.27. The van der Waals surface area contributed by atoms with Crippen molar-refractivity contribution >= 4 is 16.9 Å². The molecule has 0 spiro atoms. The minimum absolute atomic E-state index is 0.0127. The van der Waals surface area contributed by atoms with E-state index in [1.165, 1.54) is 6.07 Å². The highest BCUT2D eigenvalue weighted by Gasteiger charge is 2.66. The molecule has 0 aliphatic heterocycles. The Kier molecular flexibility index (Phi) is 8.08. The molecule has 1 aliphatic rings. The lowest BCUT2D eigenvalue weighted by Crippen LogP contribution is -2.53. The summed E-state index contributed by atoms with van der Waals surface area (Å²) in [4.78, 5) is 25.9. The molecule has 4 atom stereocenters. The second-order valence-electron chi connectivity index (χ2n) is 13.0. The number of halogens is 3. The van der Waals surface area contributed by atoms with Gasteiger partial charge in [0.25, 0.3) is 0 Å². The Morgan fingerprint density at radius 1 is 1.02 bits per heavy atom. The minimum atomic E-state index is -4.73. The lowest BCUT2D eigenvalue weighted by molar-refractivity contribution is -0.264. The second kappa shape index (κ2) is 10.8. The van der Waals surface area contributed by atoms with Crippen LogP contribution in [0.25, 0.3) is 22.1 Å². The van der Waals surface area contributed by atoms with Gasteiger partial charge in [0.15, 0.2) is 0 Å². The van der Waals surface area contributed by atoms with Crippen molar-refractivity contribution in [2.24, 2.45) is 22.5 Å². The maximum Gasteiger partial charge on any atom is 0.401 e. The van der Waals surface area contributed by atoms with Gasteiger partial charge in [0.1, 0.15) is 29.0 Å². The number of ether oxygens (including phenoxy) is 2. The first-order valence-electron chi connectivity index (χ1n) is 13.8. The van der Waals surface area contributed by atoms with Gasteiger partial charge in [0, 0.05) is 17.0 Å². The smallest absolute Gasteiger partial charge is 0.401 e. The average Bonchev–Trinajstić information content (AvgIpc) is 3.17. The molecule has 1 fully saturated rings. The quantitative estimate of drug-likeness (QED) is 0.236. The van der Waals surface area contributed by atoms with Crippen LogP contribution >= 0.6 is 0 Å². The van der Waals surface area contributed by atoms with Gasteiger partial charge in [-0.3, -0.25) is 4.79 Å². The molecular formula is C32H38F3NO5. The Balaban J connectivity index is 1.60. The monoisotopic (exact) mass is 573 g/mol. The first-order valence-corrected chi connectivity index (χ1v) is 13.8. The van der Waals surface area contributed by atoms with Crippen LogP contribution in [0.4, 0.5) is 13.2 Å². The van der Waals surface area contributed by atoms with Crippen molar-refractivity contribution in [2.75, 3.05) is 0 Å². The third-order valence-corrected chi connectivity index (χ3v) is 7.97. The van der Waals surface area contributed by atoms with Crippen LogP contribution in [-0.2, 0) is 9.53 Å². The molecule has 2 aromatic carbocycles. The summed E-state index contributed by atoms with van der Waals surface area (Å²) in [5.41, 5.74) is 3.21. The summed E-state index contributed by atoms with van der Waals surface area (Å²) in [5.74, 6) is -1.41. The van der Waals surface area contributed by atoms with Crippen LogP contribution in [0.5, 0.6) is 5.75 Å². The molecule has 2 N–H and O–H groups in total. The van der Waals surface area contributed by atoms with Crippen molar-refractivity contribution in [3.05, 3.63) is 65.0 Å². The van der Waals surface area contributed by atoms with E-state index in [-0.39, 0.29) is 29.6 Å². The molecular weight excluding hydrogens is 535 g/mol. The van der Waals surface area contributed by atoms with Crippen LogP contribution in [0.1, 0.15) is 60.8 Å². The topological polar surface area (TPSA) is 91.8 Å². The maximum absolute atomic E-state index is 14.7. The highest BCUT2D eigenvalue weighted by atomic mass is 19.4. The van der Waals surface area contributed by atoms with E-state index in [2.05, 4.69) is 0 Å². The Morgan fingerprint density at radius 3 is 2.24 bits per heavy atom. The number of hydrogen-bond acceptors (Lipinski definition) is 6. The number of benzene rings is 2. The number of esters is 1. The van der Waals surface area contributed by atoms with Crippen LogP contribution in [0, 0.1) is 16.7 Å². The molecule has 1 saturated carbocycles. The summed E-state index contributed by atoms with van der Waals surface area (Å²) >= 11 is 0. The van der Waals surface area contributed by atoms with E-state index in [0.29, 0.717) is 22.9 Å². The van der Waals surface area contributed by atoms with Crippen LogP contribution in [0.2, 0.25) is 0 Å². The van der Waals surface area contributed by atoms with E-state index in [1.807, 2.05) is 26.8 Å². The van der Waals surface area contributed by atoms with E-state index >= 15 is 0 Å². The van der Waals surface area contributed by atoms with Gasteiger partial charge in [-0.1, -0.05) is 51.1 Å². The zero-order valence-corrected chi connectivity index (χ0v) is 24.3. The lowest BCUT2D eigenvalue weighted by Gasteiger charge is -2.39. The molecule has 0 radical (unpaired) electrons. The second-order valence-corrected chi connectivity index (χ2v) is 13.0. The van der Waals surface area contributed by atoms with Crippen molar-refractivity contribution in [1.29, 1.82) is 0 Å². The Morgan fingerprint density at radius 2 is 1.66 bits per heavy atom. The molecule has 9 heteroatoms. The Hall–Kier alpha value is -3.33. The summed E-state index contributed by atoms with van der Waals surface area (Å²) in [6.07, 6.45) is -7.16. The Bertz CT molecular complexity index is 1450. The largest absolute Gasteiger partial charge is 0.489 e. The zero-order valence-electron chi connectivity index (χ0n) is 24.3. The van der Waals surface area contributed by atoms with Crippen molar-refractivity contribution in [1.82, 2.24) is 0 Å². The highest BCUT2D eigenvalue weighted by molar-refractivity contribution is 5.82. The molecule has 0 amide bonds. The molecule has 1 heterocycles.